The SMILES string of the molecule is CC(=O)Nc1ccc(C(=O)N(CCCC[C@@H]2Cc3cc(O)ccc3C3C2C2CC[C@H](O)[C@@]2(C)C[C@@H]3F)Cc2ccccc2)cc1. The van der Waals surface area contributed by atoms with Crippen LogP contribution < -0.4 is 5.32 Å². The predicted molar refractivity (Wildman–Crippen MR) is 174 cm³/mol. The van der Waals surface area contributed by atoms with E-state index in [1.54, 1.807) is 30.3 Å². The van der Waals surface area contributed by atoms with Crippen LogP contribution >= 0.6 is 0 Å². The Hall–Kier alpha value is -3.71. The van der Waals surface area contributed by atoms with Gasteiger partial charge in [0.05, 0.1) is 6.10 Å². The van der Waals surface area contributed by atoms with Crippen molar-refractivity contribution in [1.29, 1.82) is 0 Å². The minimum absolute atomic E-state index is 0.0568. The molecule has 6 nitrogen and oxygen atoms in total. The lowest BCUT2D eigenvalue weighted by Crippen LogP contribution is -2.51. The standard InChI is InChI=1S/C38H45FN2O4/c1-24(42)40-29-13-11-26(12-14-29)37(45)41(23-25-8-4-3-5-9-25)19-7-6-10-27-20-28-21-30(43)15-16-31(28)36-33(39)22-38(2)32(35(27)36)17-18-34(38)44/h3-5,8-9,11-16,21,27,32-36,43-44H,6-7,10,17-20,22-23H2,1-2H3,(H,40,42)/t27-,32?,33+,34+,35?,36?,38+/m1/s1. The zero-order chi connectivity index (χ0) is 31.7. The van der Waals surface area contributed by atoms with Gasteiger partial charge >= 0.3 is 0 Å². The monoisotopic (exact) mass is 612 g/mol. The van der Waals surface area contributed by atoms with E-state index in [1.807, 2.05) is 47.4 Å². The number of nitrogens with zero attached hydrogens (tertiary/aromatic N) is 1. The molecule has 0 spiro atoms. The van der Waals surface area contributed by atoms with Gasteiger partial charge in [0.2, 0.25) is 5.91 Å². The summed E-state index contributed by atoms with van der Waals surface area (Å²) in [7, 11) is 0. The van der Waals surface area contributed by atoms with Crippen LogP contribution in [0, 0.1) is 23.2 Å². The zero-order valence-corrected chi connectivity index (χ0v) is 26.3. The average molecular weight is 613 g/mol. The molecule has 3 unspecified atom stereocenters. The van der Waals surface area contributed by atoms with Crippen LogP contribution in [0.2, 0.25) is 0 Å². The van der Waals surface area contributed by atoms with E-state index in [2.05, 4.69) is 12.2 Å². The number of aliphatic hydroxyl groups excluding tert-OH is 1. The number of rotatable bonds is 9. The number of nitrogens with one attached hydrogen (secondary N) is 1. The maximum atomic E-state index is 16.1. The summed E-state index contributed by atoms with van der Waals surface area (Å²) in [6.07, 6.45) is 3.97. The topological polar surface area (TPSA) is 89.9 Å². The lowest BCUT2D eigenvalue weighted by atomic mass is 9.51. The molecule has 0 radical (unpaired) electrons. The summed E-state index contributed by atoms with van der Waals surface area (Å²) in [5.41, 5.74) is 3.97. The Kier molecular flexibility index (Phi) is 9.00. The first kappa shape index (κ1) is 31.3. The fourth-order valence-electron chi connectivity index (χ4n) is 8.88. The number of unbranched alkanes of at least 4 members (excludes halogenated alkanes) is 1. The van der Waals surface area contributed by atoms with Gasteiger partial charge in [-0.05, 0) is 115 Å². The van der Waals surface area contributed by atoms with Gasteiger partial charge in [0.15, 0.2) is 0 Å². The van der Waals surface area contributed by atoms with E-state index in [0.717, 1.165) is 55.2 Å². The molecular formula is C38H45FN2O4. The number of benzene rings is 3. The number of alkyl halides is 1. The van der Waals surface area contributed by atoms with E-state index in [-0.39, 0.29) is 41.2 Å². The molecule has 2 amide bonds. The van der Waals surface area contributed by atoms with Gasteiger partial charge in [-0.15, -0.1) is 0 Å². The summed E-state index contributed by atoms with van der Waals surface area (Å²) in [5.74, 6) is 0.465. The number of amides is 2. The van der Waals surface area contributed by atoms with Gasteiger partial charge in [0, 0.05) is 37.2 Å². The number of carbonyl (C=O) groups excluding carboxylic acids is 2. The molecule has 3 aromatic rings. The van der Waals surface area contributed by atoms with Crippen LogP contribution in [0.1, 0.15) is 85.3 Å². The van der Waals surface area contributed by atoms with Crippen LogP contribution in [0.3, 0.4) is 0 Å². The third kappa shape index (κ3) is 6.37. The molecule has 2 saturated carbocycles. The molecule has 45 heavy (non-hydrogen) atoms. The quantitative estimate of drug-likeness (QED) is 0.222. The van der Waals surface area contributed by atoms with Crippen LogP contribution in [0.4, 0.5) is 10.1 Å². The van der Waals surface area contributed by atoms with Crippen molar-refractivity contribution >= 4 is 17.5 Å². The molecule has 2 fully saturated rings. The Morgan fingerprint density at radius 2 is 1.78 bits per heavy atom. The van der Waals surface area contributed by atoms with Gasteiger partial charge in [0.1, 0.15) is 11.9 Å². The minimum atomic E-state index is -1.02. The number of halogens is 1. The van der Waals surface area contributed by atoms with Crippen molar-refractivity contribution in [3.63, 3.8) is 0 Å². The van der Waals surface area contributed by atoms with Gasteiger partial charge in [0.25, 0.3) is 5.91 Å². The van der Waals surface area contributed by atoms with Crippen molar-refractivity contribution in [2.24, 2.45) is 23.2 Å². The smallest absolute Gasteiger partial charge is 0.254 e. The molecule has 3 aliphatic rings. The fourth-order valence-corrected chi connectivity index (χ4v) is 8.88. The molecule has 3 aliphatic carbocycles. The van der Waals surface area contributed by atoms with E-state index < -0.39 is 17.7 Å². The number of hydrogen-bond donors (Lipinski definition) is 3. The highest BCUT2D eigenvalue weighted by atomic mass is 19.1. The highest BCUT2D eigenvalue weighted by Gasteiger charge is 2.59. The van der Waals surface area contributed by atoms with E-state index in [1.165, 1.54) is 6.92 Å². The van der Waals surface area contributed by atoms with Gasteiger partial charge in [-0.1, -0.05) is 49.7 Å². The van der Waals surface area contributed by atoms with Gasteiger partial charge in [-0.3, -0.25) is 9.59 Å². The average Bonchev–Trinajstić information content (AvgIpc) is 3.31. The van der Waals surface area contributed by atoms with Gasteiger partial charge < -0.3 is 20.4 Å². The van der Waals surface area contributed by atoms with Crippen LogP contribution in [-0.2, 0) is 17.8 Å². The van der Waals surface area contributed by atoms with Crippen molar-refractivity contribution in [1.82, 2.24) is 4.90 Å². The minimum Gasteiger partial charge on any atom is -0.508 e. The van der Waals surface area contributed by atoms with Crippen molar-refractivity contribution in [2.45, 2.75) is 83.5 Å². The first-order valence-electron chi connectivity index (χ1n) is 16.5. The lowest BCUT2D eigenvalue weighted by molar-refractivity contribution is -0.114. The highest BCUT2D eigenvalue weighted by molar-refractivity contribution is 5.95. The second-order valence-electron chi connectivity index (χ2n) is 13.8. The largest absolute Gasteiger partial charge is 0.508 e. The molecule has 0 aromatic heterocycles. The van der Waals surface area contributed by atoms with Gasteiger partial charge in [-0.25, -0.2) is 4.39 Å². The Balaban J connectivity index is 1.18. The molecule has 3 N–H and O–H groups in total. The van der Waals surface area contributed by atoms with E-state index >= 15 is 4.39 Å². The number of hydrogen-bond acceptors (Lipinski definition) is 4. The molecule has 0 bridgehead atoms. The number of aliphatic hydroxyl groups is 1. The zero-order valence-electron chi connectivity index (χ0n) is 26.3. The predicted octanol–water partition coefficient (Wildman–Crippen LogP) is 7.25. The second kappa shape index (κ2) is 13.0. The maximum absolute atomic E-state index is 16.1. The number of aromatic hydroxyl groups is 1. The summed E-state index contributed by atoms with van der Waals surface area (Å²) >= 11 is 0. The van der Waals surface area contributed by atoms with Crippen molar-refractivity contribution in [2.75, 3.05) is 11.9 Å². The van der Waals surface area contributed by atoms with E-state index in [4.69, 9.17) is 0 Å². The van der Waals surface area contributed by atoms with E-state index in [0.29, 0.717) is 30.8 Å². The molecule has 238 valence electrons. The van der Waals surface area contributed by atoms with Crippen LogP contribution in [0.25, 0.3) is 0 Å². The van der Waals surface area contributed by atoms with Crippen molar-refractivity contribution in [3.05, 3.63) is 95.1 Å². The van der Waals surface area contributed by atoms with Gasteiger partial charge in [-0.2, -0.15) is 0 Å². The Bertz CT molecular complexity index is 1510. The number of carbonyl (C=O) groups is 2. The molecule has 0 aliphatic heterocycles. The number of phenolic OH excluding ortho intramolecular Hbond substituents is 1. The molecule has 0 saturated heterocycles. The number of phenols is 1. The molecular weight excluding hydrogens is 567 g/mol. The Labute approximate surface area is 265 Å². The fraction of sp³-hybridized carbons (Fsp3) is 0.474. The first-order valence-corrected chi connectivity index (χ1v) is 16.5. The van der Waals surface area contributed by atoms with E-state index in [9.17, 15) is 19.8 Å². The normalized spacial score (nSPS) is 28.4. The Morgan fingerprint density at radius 1 is 1.02 bits per heavy atom. The van der Waals surface area contributed by atoms with Crippen LogP contribution in [0.15, 0.2) is 72.8 Å². The molecule has 7 heteroatoms. The summed E-state index contributed by atoms with van der Waals surface area (Å²) in [4.78, 5) is 27.0. The number of fused-ring (bicyclic) bond motifs is 5. The molecule has 6 rings (SSSR count). The van der Waals surface area contributed by atoms with Crippen molar-refractivity contribution < 1.29 is 24.2 Å². The first-order chi connectivity index (χ1) is 21.6. The highest BCUT2D eigenvalue weighted by Crippen LogP contribution is 2.63. The second-order valence-corrected chi connectivity index (χ2v) is 13.8. The summed E-state index contributed by atoms with van der Waals surface area (Å²) < 4.78 is 16.1. The number of anilines is 1. The molecule has 3 aromatic carbocycles. The Morgan fingerprint density at radius 3 is 2.51 bits per heavy atom. The lowest BCUT2D eigenvalue weighted by Gasteiger charge is -2.54. The van der Waals surface area contributed by atoms with Crippen LogP contribution in [0.5, 0.6) is 5.75 Å². The van der Waals surface area contributed by atoms with Crippen LogP contribution in [-0.4, -0.2) is 45.7 Å². The maximum Gasteiger partial charge on any atom is 0.254 e. The summed E-state index contributed by atoms with van der Waals surface area (Å²) in [6.45, 7) is 4.63. The molecule has 0 heterocycles. The third-order valence-corrected chi connectivity index (χ3v) is 11.0. The summed E-state index contributed by atoms with van der Waals surface area (Å²) in [6, 6.07) is 22.4. The summed E-state index contributed by atoms with van der Waals surface area (Å²) in [5, 5.41) is 24.0. The molecule has 7 atom stereocenters. The third-order valence-electron chi connectivity index (χ3n) is 11.0. The van der Waals surface area contributed by atoms with Crippen molar-refractivity contribution in [3.8, 4) is 5.75 Å².